The highest BCUT2D eigenvalue weighted by atomic mass is 32.2. The van der Waals surface area contributed by atoms with E-state index in [0.29, 0.717) is 18.1 Å². The van der Waals surface area contributed by atoms with Crippen LogP contribution in [0, 0.1) is 5.92 Å². The molecule has 2 N–H and O–H groups in total. The quantitative estimate of drug-likeness (QED) is 0.717. The zero-order valence-corrected chi connectivity index (χ0v) is 9.35. The fourth-order valence-corrected chi connectivity index (χ4v) is 3.77. The van der Waals surface area contributed by atoms with E-state index < -0.39 is 9.84 Å². The molecule has 1 unspecified atom stereocenters. The second kappa shape index (κ2) is 4.94. The highest BCUT2D eigenvalue weighted by molar-refractivity contribution is 7.91. The zero-order chi connectivity index (χ0) is 10.6. The molecule has 1 heterocycles. The number of nitrogens with two attached hydrogens (primary N) is 1. The van der Waals surface area contributed by atoms with Gasteiger partial charge in [0.2, 0.25) is 0 Å². The van der Waals surface area contributed by atoms with E-state index in [1.165, 1.54) is 0 Å². The van der Waals surface area contributed by atoms with Gasteiger partial charge in [-0.25, -0.2) is 8.42 Å². The summed E-state index contributed by atoms with van der Waals surface area (Å²) in [5.41, 5.74) is 6.50. The molecule has 0 spiro atoms. The Morgan fingerprint density at radius 3 is 2.79 bits per heavy atom. The van der Waals surface area contributed by atoms with Crippen LogP contribution in [-0.4, -0.2) is 26.5 Å². The summed E-state index contributed by atoms with van der Waals surface area (Å²) in [6.45, 7) is 4.52. The molecule has 0 bridgehead atoms. The van der Waals surface area contributed by atoms with Crippen LogP contribution >= 0.6 is 0 Å². The lowest BCUT2D eigenvalue weighted by Gasteiger charge is -2.22. The van der Waals surface area contributed by atoms with Crippen LogP contribution in [-0.2, 0) is 9.84 Å². The molecule has 14 heavy (non-hydrogen) atoms. The third-order valence-corrected chi connectivity index (χ3v) is 4.52. The monoisotopic (exact) mass is 217 g/mol. The predicted octanol–water partition coefficient (Wildman–Crippen LogP) is 1.11. The minimum atomic E-state index is -2.76. The SMILES string of the molecule is C=C(CCN)CC1CCCS(=O)(=O)C1. The van der Waals surface area contributed by atoms with Gasteiger partial charge in [0.15, 0.2) is 9.84 Å². The smallest absolute Gasteiger partial charge is 0.150 e. The molecule has 0 aliphatic carbocycles. The molecule has 0 radical (unpaired) electrons. The minimum Gasteiger partial charge on any atom is -0.330 e. The molecule has 0 aromatic carbocycles. The summed E-state index contributed by atoms with van der Waals surface area (Å²) in [5, 5.41) is 0. The molecule has 4 heteroatoms. The molecule has 1 atom stereocenters. The highest BCUT2D eigenvalue weighted by Gasteiger charge is 2.24. The predicted molar refractivity (Wildman–Crippen MR) is 58.8 cm³/mol. The molecule has 1 aliphatic rings. The Balaban J connectivity index is 2.42. The van der Waals surface area contributed by atoms with Crippen LogP contribution in [0.5, 0.6) is 0 Å². The number of sulfone groups is 1. The average molecular weight is 217 g/mol. The van der Waals surface area contributed by atoms with Crippen LogP contribution in [0.4, 0.5) is 0 Å². The molecule has 1 rings (SSSR count). The third kappa shape index (κ3) is 3.80. The summed E-state index contributed by atoms with van der Waals surface area (Å²) in [6.07, 6.45) is 3.47. The standard InChI is InChI=1S/C10H19NO2S/c1-9(4-5-11)7-10-3-2-6-14(12,13)8-10/h10H,1-8,11H2. The summed E-state index contributed by atoms with van der Waals surface area (Å²) < 4.78 is 22.7. The summed E-state index contributed by atoms with van der Waals surface area (Å²) in [6, 6.07) is 0. The molecule has 1 aliphatic heterocycles. The Kier molecular flexibility index (Phi) is 4.13. The Morgan fingerprint density at radius 1 is 1.50 bits per heavy atom. The van der Waals surface area contributed by atoms with Gasteiger partial charge in [-0.1, -0.05) is 12.2 Å². The largest absolute Gasteiger partial charge is 0.330 e. The molecular formula is C10H19NO2S. The Bertz CT molecular complexity index is 295. The Hall–Kier alpha value is -0.350. The van der Waals surface area contributed by atoms with Gasteiger partial charge in [0, 0.05) is 0 Å². The van der Waals surface area contributed by atoms with Crippen molar-refractivity contribution in [1.29, 1.82) is 0 Å². The number of rotatable bonds is 4. The van der Waals surface area contributed by atoms with Gasteiger partial charge in [-0.05, 0) is 38.1 Å². The fourth-order valence-electron chi connectivity index (χ4n) is 1.99. The van der Waals surface area contributed by atoms with E-state index in [2.05, 4.69) is 6.58 Å². The van der Waals surface area contributed by atoms with Crippen molar-refractivity contribution in [1.82, 2.24) is 0 Å². The van der Waals surface area contributed by atoms with Gasteiger partial charge in [-0.2, -0.15) is 0 Å². The average Bonchev–Trinajstić information content (AvgIpc) is 2.02. The van der Waals surface area contributed by atoms with Gasteiger partial charge < -0.3 is 5.73 Å². The van der Waals surface area contributed by atoms with Crippen molar-refractivity contribution < 1.29 is 8.42 Å². The molecule has 3 nitrogen and oxygen atoms in total. The van der Waals surface area contributed by atoms with Crippen molar-refractivity contribution in [2.45, 2.75) is 25.7 Å². The van der Waals surface area contributed by atoms with Crippen molar-refractivity contribution in [3.8, 4) is 0 Å². The van der Waals surface area contributed by atoms with E-state index in [4.69, 9.17) is 5.73 Å². The maximum absolute atomic E-state index is 11.3. The first-order valence-electron chi connectivity index (χ1n) is 5.10. The van der Waals surface area contributed by atoms with Gasteiger partial charge in [-0.3, -0.25) is 0 Å². The van der Waals surface area contributed by atoms with Crippen LogP contribution in [0.15, 0.2) is 12.2 Å². The molecular weight excluding hydrogens is 198 g/mol. The van der Waals surface area contributed by atoms with E-state index in [1.807, 2.05) is 0 Å². The van der Waals surface area contributed by atoms with Crippen LogP contribution < -0.4 is 5.73 Å². The van der Waals surface area contributed by atoms with E-state index in [1.54, 1.807) is 0 Å². The molecule has 1 saturated heterocycles. The fraction of sp³-hybridized carbons (Fsp3) is 0.800. The van der Waals surface area contributed by atoms with Crippen molar-refractivity contribution in [2.24, 2.45) is 11.7 Å². The molecule has 1 fully saturated rings. The summed E-state index contributed by atoms with van der Waals surface area (Å²) >= 11 is 0. The highest BCUT2D eigenvalue weighted by Crippen LogP contribution is 2.24. The first-order chi connectivity index (χ1) is 6.53. The number of hydrogen-bond donors (Lipinski definition) is 1. The molecule has 0 amide bonds. The maximum Gasteiger partial charge on any atom is 0.150 e. The lowest BCUT2D eigenvalue weighted by Crippen LogP contribution is -2.25. The third-order valence-electron chi connectivity index (χ3n) is 2.63. The topological polar surface area (TPSA) is 60.2 Å². The summed E-state index contributed by atoms with van der Waals surface area (Å²) in [7, 11) is -2.76. The number of hydrogen-bond acceptors (Lipinski definition) is 3. The van der Waals surface area contributed by atoms with Crippen molar-refractivity contribution in [3.63, 3.8) is 0 Å². The van der Waals surface area contributed by atoms with E-state index >= 15 is 0 Å². The molecule has 0 saturated carbocycles. The van der Waals surface area contributed by atoms with Crippen molar-refractivity contribution in [2.75, 3.05) is 18.1 Å². The van der Waals surface area contributed by atoms with Crippen LogP contribution in [0.3, 0.4) is 0 Å². The van der Waals surface area contributed by atoms with E-state index in [-0.39, 0.29) is 5.92 Å². The van der Waals surface area contributed by atoms with Crippen molar-refractivity contribution in [3.05, 3.63) is 12.2 Å². The zero-order valence-electron chi connectivity index (χ0n) is 8.54. The van der Waals surface area contributed by atoms with Gasteiger partial charge in [-0.15, -0.1) is 0 Å². The van der Waals surface area contributed by atoms with Gasteiger partial charge >= 0.3 is 0 Å². The minimum absolute atomic E-state index is 0.285. The first-order valence-corrected chi connectivity index (χ1v) is 6.93. The van der Waals surface area contributed by atoms with E-state index in [9.17, 15) is 8.42 Å². The van der Waals surface area contributed by atoms with Crippen molar-refractivity contribution >= 4 is 9.84 Å². The molecule has 0 aromatic rings. The summed E-state index contributed by atoms with van der Waals surface area (Å²) in [5.74, 6) is 0.997. The Labute approximate surface area is 86.3 Å². The van der Waals surface area contributed by atoms with Crippen LogP contribution in [0.1, 0.15) is 25.7 Å². The second-order valence-electron chi connectivity index (χ2n) is 4.12. The van der Waals surface area contributed by atoms with Crippen LogP contribution in [0.25, 0.3) is 0 Å². The lowest BCUT2D eigenvalue weighted by atomic mass is 9.96. The van der Waals surface area contributed by atoms with Gasteiger partial charge in [0.25, 0.3) is 0 Å². The first kappa shape index (κ1) is 11.7. The Morgan fingerprint density at radius 2 is 2.21 bits per heavy atom. The normalized spacial score (nSPS) is 25.9. The summed E-state index contributed by atoms with van der Waals surface area (Å²) in [4.78, 5) is 0. The molecule has 0 aromatic heterocycles. The second-order valence-corrected chi connectivity index (χ2v) is 6.34. The van der Waals surface area contributed by atoms with Gasteiger partial charge in [0.1, 0.15) is 0 Å². The van der Waals surface area contributed by atoms with Crippen LogP contribution in [0.2, 0.25) is 0 Å². The maximum atomic E-state index is 11.3. The molecule has 82 valence electrons. The lowest BCUT2D eigenvalue weighted by molar-refractivity contribution is 0.478. The van der Waals surface area contributed by atoms with E-state index in [0.717, 1.165) is 31.3 Å². The van der Waals surface area contributed by atoms with Gasteiger partial charge in [0.05, 0.1) is 11.5 Å².